The Labute approximate surface area is 148 Å². The molecular weight excluding hydrogens is 346 g/mol. The number of piperazine rings is 1. The molecule has 1 saturated heterocycles. The van der Waals surface area contributed by atoms with E-state index < -0.39 is 16.6 Å². The summed E-state index contributed by atoms with van der Waals surface area (Å²) in [6, 6.07) is 2.92. The van der Waals surface area contributed by atoms with Crippen molar-refractivity contribution >= 4 is 23.0 Å². The number of hydrogen-bond acceptors (Lipinski definition) is 7. The highest BCUT2D eigenvalue weighted by atomic mass is 19.1. The molecule has 1 aliphatic rings. The quantitative estimate of drug-likeness (QED) is 0.644. The first-order valence-electron chi connectivity index (χ1n) is 8.18. The number of benzene rings is 1. The molecule has 0 bridgehead atoms. The van der Waals surface area contributed by atoms with Crippen LogP contribution in [0.5, 0.6) is 0 Å². The fourth-order valence-electron chi connectivity index (χ4n) is 2.85. The van der Waals surface area contributed by atoms with Gasteiger partial charge in [0.1, 0.15) is 18.0 Å². The van der Waals surface area contributed by atoms with Gasteiger partial charge in [-0.3, -0.25) is 10.1 Å². The van der Waals surface area contributed by atoms with Gasteiger partial charge in [0.15, 0.2) is 0 Å². The molecule has 1 N–H and O–H groups in total. The predicted molar refractivity (Wildman–Crippen MR) is 92.7 cm³/mol. The monoisotopic (exact) mass is 364 g/mol. The van der Waals surface area contributed by atoms with Crippen LogP contribution in [-0.2, 0) is 0 Å². The first kappa shape index (κ1) is 17.9. The molecule has 26 heavy (non-hydrogen) atoms. The Bertz CT molecular complexity index is 811. The van der Waals surface area contributed by atoms with Crippen LogP contribution in [0.15, 0.2) is 24.5 Å². The molecule has 0 radical (unpaired) electrons. The highest BCUT2D eigenvalue weighted by molar-refractivity contribution is 5.74. The molecule has 10 heteroatoms. The molecule has 0 unspecified atom stereocenters. The highest BCUT2D eigenvalue weighted by Crippen LogP contribution is 2.34. The van der Waals surface area contributed by atoms with Crippen LogP contribution >= 0.6 is 0 Å². The standard InChI is InChI=1S/C16H18F2N6O2/c1-2-22-5-7-23(8-6-22)16-14(24(25)26)15(19-10-20-16)21-13-4-3-11(17)9-12(13)18/h3-4,9-10H,2,5-8H2,1H3,(H,19,20,21). The van der Waals surface area contributed by atoms with Crippen LogP contribution < -0.4 is 10.2 Å². The van der Waals surface area contributed by atoms with Crippen LogP contribution in [0.1, 0.15) is 6.92 Å². The summed E-state index contributed by atoms with van der Waals surface area (Å²) < 4.78 is 26.9. The van der Waals surface area contributed by atoms with Crippen molar-refractivity contribution in [1.82, 2.24) is 14.9 Å². The summed E-state index contributed by atoms with van der Waals surface area (Å²) in [6.45, 7) is 5.70. The van der Waals surface area contributed by atoms with E-state index >= 15 is 0 Å². The number of halogens is 2. The van der Waals surface area contributed by atoms with E-state index in [1.165, 1.54) is 6.33 Å². The maximum Gasteiger partial charge on any atom is 0.353 e. The fraction of sp³-hybridized carbons (Fsp3) is 0.375. The summed E-state index contributed by atoms with van der Waals surface area (Å²) in [5, 5.41) is 14.2. The summed E-state index contributed by atoms with van der Waals surface area (Å²) in [6.07, 6.45) is 1.19. The zero-order valence-corrected chi connectivity index (χ0v) is 14.2. The Morgan fingerprint density at radius 2 is 1.96 bits per heavy atom. The van der Waals surface area contributed by atoms with E-state index in [0.29, 0.717) is 19.2 Å². The minimum atomic E-state index is -0.865. The maximum absolute atomic E-state index is 13.9. The lowest BCUT2D eigenvalue weighted by molar-refractivity contribution is -0.383. The van der Waals surface area contributed by atoms with Crippen molar-refractivity contribution in [3.63, 3.8) is 0 Å². The van der Waals surface area contributed by atoms with Gasteiger partial charge in [-0.05, 0) is 18.7 Å². The molecule has 1 aromatic carbocycles. The number of nitro groups is 1. The number of nitrogens with zero attached hydrogens (tertiary/aromatic N) is 5. The molecule has 0 saturated carbocycles. The van der Waals surface area contributed by atoms with Gasteiger partial charge in [-0.25, -0.2) is 18.7 Å². The number of aromatic nitrogens is 2. The van der Waals surface area contributed by atoms with E-state index in [1.54, 1.807) is 0 Å². The van der Waals surface area contributed by atoms with Crippen molar-refractivity contribution < 1.29 is 13.7 Å². The first-order valence-corrected chi connectivity index (χ1v) is 8.18. The van der Waals surface area contributed by atoms with Crippen LogP contribution in [0, 0.1) is 21.7 Å². The Hall–Kier alpha value is -2.88. The van der Waals surface area contributed by atoms with E-state index in [1.807, 2.05) is 4.90 Å². The van der Waals surface area contributed by atoms with E-state index in [4.69, 9.17) is 0 Å². The van der Waals surface area contributed by atoms with Gasteiger partial charge in [0.25, 0.3) is 0 Å². The van der Waals surface area contributed by atoms with Crippen molar-refractivity contribution in [3.05, 3.63) is 46.3 Å². The number of rotatable bonds is 5. The Morgan fingerprint density at radius 3 is 2.58 bits per heavy atom. The van der Waals surface area contributed by atoms with Crippen molar-refractivity contribution in [2.75, 3.05) is 42.9 Å². The SMILES string of the molecule is CCN1CCN(c2ncnc(Nc3ccc(F)cc3F)c2[N+](=O)[O-])CC1. The second kappa shape index (κ2) is 7.56. The fourth-order valence-corrected chi connectivity index (χ4v) is 2.85. The second-order valence-electron chi connectivity index (χ2n) is 5.82. The topological polar surface area (TPSA) is 87.4 Å². The number of nitrogens with one attached hydrogen (secondary N) is 1. The third-order valence-corrected chi connectivity index (χ3v) is 4.29. The third-order valence-electron chi connectivity index (χ3n) is 4.29. The van der Waals surface area contributed by atoms with Gasteiger partial charge in [0, 0.05) is 32.2 Å². The predicted octanol–water partition coefficient (Wildman–Crippen LogP) is 2.55. The van der Waals surface area contributed by atoms with Gasteiger partial charge in [0.05, 0.1) is 10.6 Å². The molecule has 0 spiro atoms. The molecule has 2 heterocycles. The number of likely N-dealkylation sites (N-methyl/N-ethyl adjacent to an activating group) is 1. The summed E-state index contributed by atoms with van der Waals surface area (Å²) in [5.74, 6) is -1.55. The van der Waals surface area contributed by atoms with E-state index in [9.17, 15) is 18.9 Å². The molecule has 0 atom stereocenters. The first-order chi connectivity index (χ1) is 12.5. The van der Waals surface area contributed by atoms with E-state index in [2.05, 4.69) is 27.1 Å². The lowest BCUT2D eigenvalue weighted by Crippen LogP contribution is -2.46. The highest BCUT2D eigenvalue weighted by Gasteiger charge is 2.29. The second-order valence-corrected chi connectivity index (χ2v) is 5.82. The number of anilines is 3. The van der Waals surface area contributed by atoms with Gasteiger partial charge < -0.3 is 15.1 Å². The van der Waals surface area contributed by atoms with Gasteiger partial charge in [0.2, 0.25) is 11.6 Å². The summed E-state index contributed by atoms with van der Waals surface area (Å²) in [5.41, 5.74) is -0.434. The maximum atomic E-state index is 13.9. The smallest absolute Gasteiger partial charge is 0.348 e. The number of hydrogen-bond donors (Lipinski definition) is 1. The van der Waals surface area contributed by atoms with Gasteiger partial charge >= 0.3 is 5.69 Å². The van der Waals surface area contributed by atoms with Crippen molar-refractivity contribution in [1.29, 1.82) is 0 Å². The lowest BCUT2D eigenvalue weighted by Gasteiger charge is -2.34. The van der Waals surface area contributed by atoms with Crippen molar-refractivity contribution in [2.24, 2.45) is 0 Å². The van der Waals surface area contributed by atoms with Gasteiger partial charge in [-0.15, -0.1) is 0 Å². The van der Waals surface area contributed by atoms with Crippen LogP contribution in [0.3, 0.4) is 0 Å². The molecule has 2 aromatic rings. The molecule has 3 rings (SSSR count). The minimum Gasteiger partial charge on any atom is -0.348 e. The molecule has 138 valence electrons. The normalized spacial score (nSPS) is 15.1. The zero-order chi connectivity index (χ0) is 18.7. The Kier molecular flexibility index (Phi) is 5.21. The largest absolute Gasteiger partial charge is 0.353 e. The van der Waals surface area contributed by atoms with Crippen LogP contribution in [0.25, 0.3) is 0 Å². The van der Waals surface area contributed by atoms with Crippen molar-refractivity contribution in [2.45, 2.75) is 6.92 Å². The average Bonchev–Trinajstić information content (AvgIpc) is 2.63. The summed E-state index contributed by atoms with van der Waals surface area (Å²) in [7, 11) is 0. The Balaban J connectivity index is 1.93. The molecule has 1 aromatic heterocycles. The van der Waals surface area contributed by atoms with Crippen LogP contribution in [0.4, 0.5) is 31.8 Å². The van der Waals surface area contributed by atoms with Crippen molar-refractivity contribution in [3.8, 4) is 0 Å². The van der Waals surface area contributed by atoms with Gasteiger partial charge in [-0.1, -0.05) is 6.92 Å². The van der Waals surface area contributed by atoms with E-state index in [0.717, 1.165) is 31.8 Å². The molecule has 1 aliphatic heterocycles. The lowest BCUT2D eigenvalue weighted by atomic mass is 10.2. The summed E-state index contributed by atoms with van der Waals surface area (Å²) >= 11 is 0. The third kappa shape index (κ3) is 3.69. The van der Waals surface area contributed by atoms with E-state index in [-0.39, 0.29) is 23.0 Å². The summed E-state index contributed by atoms with van der Waals surface area (Å²) in [4.78, 5) is 23.0. The van der Waals surface area contributed by atoms with Crippen LogP contribution in [0.2, 0.25) is 0 Å². The van der Waals surface area contributed by atoms with Gasteiger partial charge in [-0.2, -0.15) is 0 Å². The van der Waals surface area contributed by atoms with Crippen LogP contribution in [-0.4, -0.2) is 52.5 Å². The molecule has 8 nitrogen and oxygen atoms in total. The minimum absolute atomic E-state index is 0.102. The Morgan fingerprint density at radius 1 is 1.23 bits per heavy atom. The molecule has 0 aliphatic carbocycles. The molecular formula is C16H18F2N6O2. The molecule has 0 amide bonds. The molecule has 1 fully saturated rings. The zero-order valence-electron chi connectivity index (χ0n) is 14.2. The average molecular weight is 364 g/mol.